The standard InChI is InChI=1S/C11H21NO3/c1-3-10(11(13)15-4-2)9-12-5-7-14-8-6-12/h10H,3-9H2,1-2H3. The van der Waals surface area contributed by atoms with Gasteiger partial charge in [-0.3, -0.25) is 9.69 Å². The van der Waals surface area contributed by atoms with Crippen LogP contribution >= 0.6 is 0 Å². The SMILES string of the molecule is CCOC(=O)C(CC)CN1CCOCC1. The molecule has 1 saturated heterocycles. The summed E-state index contributed by atoms with van der Waals surface area (Å²) in [5, 5.41) is 0. The summed E-state index contributed by atoms with van der Waals surface area (Å²) in [6, 6.07) is 0. The largest absolute Gasteiger partial charge is 0.466 e. The maximum atomic E-state index is 11.6. The van der Waals surface area contributed by atoms with Crippen molar-refractivity contribution in [1.29, 1.82) is 0 Å². The van der Waals surface area contributed by atoms with Crippen LogP contribution in [0.4, 0.5) is 0 Å². The molecule has 0 aromatic rings. The quantitative estimate of drug-likeness (QED) is 0.639. The van der Waals surface area contributed by atoms with Gasteiger partial charge in [0.1, 0.15) is 0 Å². The maximum absolute atomic E-state index is 11.6. The van der Waals surface area contributed by atoms with Gasteiger partial charge in [-0.2, -0.15) is 0 Å². The Hall–Kier alpha value is -0.610. The zero-order chi connectivity index (χ0) is 11.1. The molecule has 0 aliphatic carbocycles. The predicted octanol–water partition coefficient (Wildman–Crippen LogP) is 0.908. The molecule has 1 aliphatic rings. The molecule has 1 unspecified atom stereocenters. The normalized spacial score (nSPS) is 19.9. The maximum Gasteiger partial charge on any atom is 0.310 e. The minimum atomic E-state index is -0.0634. The Bertz CT molecular complexity index is 190. The third kappa shape index (κ3) is 4.18. The van der Waals surface area contributed by atoms with Crippen LogP contribution < -0.4 is 0 Å². The van der Waals surface area contributed by atoms with Crippen LogP contribution in [0.25, 0.3) is 0 Å². The van der Waals surface area contributed by atoms with Crippen LogP contribution in [0, 0.1) is 5.92 Å². The highest BCUT2D eigenvalue weighted by molar-refractivity contribution is 5.72. The van der Waals surface area contributed by atoms with E-state index in [1.807, 2.05) is 13.8 Å². The zero-order valence-corrected chi connectivity index (χ0v) is 9.70. The van der Waals surface area contributed by atoms with Crippen molar-refractivity contribution in [2.24, 2.45) is 5.92 Å². The summed E-state index contributed by atoms with van der Waals surface area (Å²) in [7, 11) is 0. The molecule has 0 saturated carbocycles. The van der Waals surface area contributed by atoms with Gasteiger partial charge in [-0.25, -0.2) is 0 Å². The lowest BCUT2D eigenvalue weighted by molar-refractivity contribution is -0.149. The molecule has 0 amide bonds. The van der Waals surface area contributed by atoms with Crippen molar-refractivity contribution >= 4 is 5.97 Å². The molecule has 1 heterocycles. The fourth-order valence-electron chi connectivity index (χ4n) is 1.73. The second kappa shape index (κ2) is 6.80. The number of hydrogen-bond donors (Lipinski definition) is 0. The Labute approximate surface area is 91.5 Å². The Morgan fingerprint density at radius 1 is 1.40 bits per heavy atom. The molecule has 1 fully saturated rings. The molecule has 4 nitrogen and oxygen atoms in total. The van der Waals surface area contributed by atoms with Crippen LogP contribution in [-0.4, -0.2) is 50.3 Å². The summed E-state index contributed by atoms with van der Waals surface area (Å²) in [5.74, 6) is -0.0467. The number of ether oxygens (including phenoxy) is 2. The Morgan fingerprint density at radius 3 is 2.60 bits per heavy atom. The van der Waals surface area contributed by atoms with Gasteiger partial charge < -0.3 is 9.47 Å². The van der Waals surface area contributed by atoms with E-state index in [4.69, 9.17) is 9.47 Å². The highest BCUT2D eigenvalue weighted by atomic mass is 16.5. The molecule has 1 rings (SSSR count). The number of morpholine rings is 1. The number of carbonyl (C=O) groups is 1. The molecular formula is C11H21NO3. The molecule has 1 aliphatic heterocycles. The third-order valence-corrected chi connectivity index (χ3v) is 2.70. The van der Waals surface area contributed by atoms with Crippen molar-refractivity contribution < 1.29 is 14.3 Å². The monoisotopic (exact) mass is 215 g/mol. The van der Waals surface area contributed by atoms with Gasteiger partial charge >= 0.3 is 5.97 Å². The average Bonchev–Trinajstić information content (AvgIpc) is 2.27. The lowest BCUT2D eigenvalue weighted by atomic mass is 10.1. The number of hydrogen-bond acceptors (Lipinski definition) is 4. The summed E-state index contributed by atoms with van der Waals surface area (Å²) in [4.78, 5) is 13.8. The van der Waals surface area contributed by atoms with Crippen LogP contribution in [0.5, 0.6) is 0 Å². The van der Waals surface area contributed by atoms with Crippen molar-refractivity contribution in [3.8, 4) is 0 Å². The number of rotatable bonds is 5. The van der Waals surface area contributed by atoms with E-state index in [1.165, 1.54) is 0 Å². The van der Waals surface area contributed by atoms with Crippen LogP contribution in [0.15, 0.2) is 0 Å². The highest BCUT2D eigenvalue weighted by Crippen LogP contribution is 2.09. The van der Waals surface area contributed by atoms with Crippen molar-refractivity contribution in [2.75, 3.05) is 39.5 Å². The Balaban J connectivity index is 2.34. The van der Waals surface area contributed by atoms with Crippen molar-refractivity contribution in [2.45, 2.75) is 20.3 Å². The van der Waals surface area contributed by atoms with E-state index in [9.17, 15) is 4.79 Å². The first-order valence-corrected chi connectivity index (χ1v) is 5.74. The smallest absolute Gasteiger partial charge is 0.310 e. The van der Waals surface area contributed by atoms with Gasteiger partial charge in [-0.05, 0) is 13.3 Å². The first-order chi connectivity index (χ1) is 7.27. The first kappa shape index (κ1) is 12.5. The fraction of sp³-hybridized carbons (Fsp3) is 0.909. The van der Waals surface area contributed by atoms with E-state index in [2.05, 4.69) is 4.90 Å². The van der Waals surface area contributed by atoms with Crippen LogP contribution in [0.3, 0.4) is 0 Å². The minimum Gasteiger partial charge on any atom is -0.466 e. The Morgan fingerprint density at radius 2 is 2.07 bits per heavy atom. The third-order valence-electron chi connectivity index (χ3n) is 2.70. The second-order valence-electron chi connectivity index (χ2n) is 3.77. The molecular weight excluding hydrogens is 194 g/mol. The first-order valence-electron chi connectivity index (χ1n) is 5.74. The summed E-state index contributed by atoms with van der Waals surface area (Å²) in [6.45, 7) is 8.56. The lowest BCUT2D eigenvalue weighted by Crippen LogP contribution is -2.41. The molecule has 0 aromatic heterocycles. The van der Waals surface area contributed by atoms with Gasteiger partial charge in [-0.1, -0.05) is 6.92 Å². The molecule has 0 spiro atoms. The van der Waals surface area contributed by atoms with Crippen molar-refractivity contribution in [3.05, 3.63) is 0 Å². The molecule has 0 aromatic carbocycles. The molecule has 0 bridgehead atoms. The summed E-state index contributed by atoms with van der Waals surface area (Å²) in [5.41, 5.74) is 0. The van der Waals surface area contributed by atoms with Gasteiger partial charge in [0.05, 0.1) is 25.7 Å². The van der Waals surface area contributed by atoms with Crippen molar-refractivity contribution in [3.63, 3.8) is 0 Å². The topological polar surface area (TPSA) is 38.8 Å². The predicted molar refractivity (Wildman–Crippen MR) is 57.7 cm³/mol. The van der Waals surface area contributed by atoms with E-state index in [0.29, 0.717) is 6.61 Å². The highest BCUT2D eigenvalue weighted by Gasteiger charge is 2.22. The minimum absolute atomic E-state index is 0.0167. The number of esters is 1. The van der Waals surface area contributed by atoms with E-state index in [-0.39, 0.29) is 11.9 Å². The van der Waals surface area contributed by atoms with Gasteiger partial charge in [0.2, 0.25) is 0 Å². The van der Waals surface area contributed by atoms with Gasteiger partial charge in [0.15, 0.2) is 0 Å². The lowest BCUT2D eigenvalue weighted by Gasteiger charge is -2.29. The molecule has 4 heteroatoms. The second-order valence-corrected chi connectivity index (χ2v) is 3.77. The van der Waals surface area contributed by atoms with Crippen LogP contribution in [-0.2, 0) is 14.3 Å². The van der Waals surface area contributed by atoms with Gasteiger partial charge in [-0.15, -0.1) is 0 Å². The zero-order valence-electron chi connectivity index (χ0n) is 9.70. The molecule has 15 heavy (non-hydrogen) atoms. The number of carbonyl (C=O) groups excluding carboxylic acids is 1. The average molecular weight is 215 g/mol. The van der Waals surface area contributed by atoms with E-state index in [0.717, 1.165) is 39.3 Å². The summed E-state index contributed by atoms with van der Waals surface area (Å²) in [6.07, 6.45) is 0.843. The molecule has 88 valence electrons. The van der Waals surface area contributed by atoms with E-state index >= 15 is 0 Å². The van der Waals surface area contributed by atoms with Crippen molar-refractivity contribution in [1.82, 2.24) is 4.90 Å². The summed E-state index contributed by atoms with van der Waals surface area (Å²) >= 11 is 0. The van der Waals surface area contributed by atoms with Gasteiger partial charge in [0.25, 0.3) is 0 Å². The van der Waals surface area contributed by atoms with E-state index in [1.54, 1.807) is 0 Å². The molecule has 0 radical (unpaired) electrons. The molecule has 1 atom stereocenters. The summed E-state index contributed by atoms with van der Waals surface area (Å²) < 4.78 is 10.3. The van der Waals surface area contributed by atoms with Crippen LogP contribution in [0.1, 0.15) is 20.3 Å². The number of nitrogens with zero attached hydrogens (tertiary/aromatic N) is 1. The van der Waals surface area contributed by atoms with E-state index < -0.39 is 0 Å². The van der Waals surface area contributed by atoms with Crippen LogP contribution in [0.2, 0.25) is 0 Å². The molecule has 0 N–H and O–H groups in total. The fourth-order valence-corrected chi connectivity index (χ4v) is 1.73. The van der Waals surface area contributed by atoms with Gasteiger partial charge in [0, 0.05) is 19.6 Å². The Kier molecular flexibility index (Phi) is 5.65.